The molecule has 0 radical (unpaired) electrons. The molecule has 2 unspecified atom stereocenters. The normalized spacial score (nSPS) is 22.2. The van der Waals surface area contributed by atoms with Gasteiger partial charge in [-0.2, -0.15) is 0 Å². The van der Waals surface area contributed by atoms with E-state index in [1.807, 2.05) is 24.2 Å². The van der Waals surface area contributed by atoms with Crippen LogP contribution in [0, 0.1) is 5.92 Å². The van der Waals surface area contributed by atoms with Gasteiger partial charge in [0.2, 0.25) is 0 Å². The fraction of sp³-hybridized carbons (Fsp3) is 0.389. The van der Waals surface area contributed by atoms with Gasteiger partial charge in [-0.3, -0.25) is 4.98 Å². The highest BCUT2D eigenvalue weighted by Crippen LogP contribution is 2.30. The Hall–Kier alpha value is -1.48. The van der Waals surface area contributed by atoms with Crippen LogP contribution in [-0.4, -0.2) is 23.3 Å². The molecule has 0 aliphatic carbocycles. The van der Waals surface area contributed by atoms with Crippen LogP contribution in [0.1, 0.15) is 19.8 Å². The molecule has 1 saturated heterocycles. The molecular formula is C18H22N2S. The first kappa shape index (κ1) is 14.5. The fourth-order valence-corrected chi connectivity index (χ4v) is 4.02. The Bertz CT molecular complexity index is 544. The number of rotatable bonds is 4. The van der Waals surface area contributed by atoms with Crippen molar-refractivity contribution in [2.45, 2.75) is 30.7 Å². The molecule has 1 aliphatic heterocycles. The van der Waals surface area contributed by atoms with Crippen molar-refractivity contribution in [1.82, 2.24) is 4.98 Å². The van der Waals surface area contributed by atoms with E-state index >= 15 is 0 Å². The van der Waals surface area contributed by atoms with Gasteiger partial charge in [-0.1, -0.05) is 25.1 Å². The SMILES string of the molecule is CC1CCC(CSc2ccccc2)N(c2ccncc2)C1. The van der Waals surface area contributed by atoms with Crippen LogP contribution in [-0.2, 0) is 0 Å². The van der Waals surface area contributed by atoms with E-state index in [9.17, 15) is 0 Å². The van der Waals surface area contributed by atoms with E-state index in [4.69, 9.17) is 0 Å². The van der Waals surface area contributed by atoms with Crippen molar-refractivity contribution in [3.8, 4) is 0 Å². The lowest BCUT2D eigenvalue weighted by atomic mass is 9.94. The molecule has 2 heterocycles. The first-order valence-corrected chi connectivity index (χ1v) is 8.66. The number of thioether (sulfide) groups is 1. The van der Waals surface area contributed by atoms with Crippen LogP contribution in [0.5, 0.6) is 0 Å². The minimum Gasteiger partial charge on any atom is -0.367 e. The number of hydrogen-bond acceptors (Lipinski definition) is 3. The van der Waals surface area contributed by atoms with E-state index in [0.717, 1.165) is 18.2 Å². The van der Waals surface area contributed by atoms with E-state index in [1.54, 1.807) is 0 Å². The van der Waals surface area contributed by atoms with Crippen molar-refractivity contribution in [2.24, 2.45) is 5.92 Å². The first-order chi connectivity index (χ1) is 10.3. The summed E-state index contributed by atoms with van der Waals surface area (Å²) in [6.07, 6.45) is 6.41. The highest BCUT2D eigenvalue weighted by Gasteiger charge is 2.26. The Morgan fingerprint density at radius 1 is 1.10 bits per heavy atom. The summed E-state index contributed by atoms with van der Waals surface area (Å²) in [5.74, 6) is 1.93. The average molecular weight is 298 g/mol. The van der Waals surface area contributed by atoms with Crippen LogP contribution in [0.15, 0.2) is 59.8 Å². The predicted octanol–water partition coefficient (Wildman–Crippen LogP) is 4.48. The molecule has 0 bridgehead atoms. The van der Waals surface area contributed by atoms with Gasteiger partial charge in [-0.25, -0.2) is 0 Å². The summed E-state index contributed by atoms with van der Waals surface area (Å²) < 4.78 is 0. The second kappa shape index (κ2) is 6.99. The van der Waals surface area contributed by atoms with Crippen molar-refractivity contribution in [1.29, 1.82) is 0 Å². The zero-order chi connectivity index (χ0) is 14.5. The Kier molecular flexibility index (Phi) is 4.81. The third-order valence-corrected chi connectivity index (χ3v) is 5.28. The summed E-state index contributed by atoms with van der Waals surface area (Å²) in [6, 6.07) is 15.6. The third-order valence-electron chi connectivity index (χ3n) is 4.12. The molecule has 3 heteroatoms. The molecule has 110 valence electrons. The molecule has 1 aromatic carbocycles. The smallest absolute Gasteiger partial charge is 0.0399 e. The van der Waals surface area contributed by atoms with E-state index in [-0.39, 0.29) is 0 Å². The summed E-state index contributed by atoms with van der Waals surface area (Å²) in [7, 11) is 0. The summed E-state index contributed by atoms with van der Waals surface area (Å²) in [6.45, 7) is 3.51. The third kappa shape index (κ3) is 3.79. The molecule has 2 aromatic rings. The Morgan fingerprint density at radius 2 is 1.86 bits per heavy atom. The molecule has 21 heavy (non-hydrogen) atoms. The molecule has 0 saturated carbocycles. The molecule has 0 amide bonds. The van der Waals surface area contributed by atoms with Crippen LogP contribution < -0.4 is 4.90 Å². The topological polar surface area (TPSA) is 16.1 Å². The van der Waals surface area contributed by atoms with Gasteiger partial charge < -0.3 is 4.90 Å². The summed E-state index contributed by atoms with van der Waals surface area (Å²) in [5, 5.41) is 0. The van der Waals surface area contributed by atoms with Gasteiger partial charge in [0, 0.05) is 41.3 Å². The molecule has 0 N–H and O–H groups in total. The highest BCUT2D eigenvalue weighted by molar-refractivity contribution is 7.99. The van der Waals surface area contributed by atoms with Crippen LogP contribution in [0.2, 0.25) is 0 Å². The highest BCUT2D eigenvalue weighted by atomic mass is 32.2. The number of nitrogens with zero attached hydrogens (tertiary/aromatic N) is 2. The summed E-state index contributed by atoms with van der Waals surface area (Å²) in [4.78, 5) is 8.09. The maximum absolute atomic E-state index is 4.15. The maximum Gasteiger partial charge on any atom is 0.0399 e. The van der Waals surface area contributed by atoms with Gasteiger partial charge in [0.1, 0.15) is 0 Å². The Balaban J connectivity index is 1.69. The zero-order valence-electron chi connectivity index (χ0n) is 12.5. The zero-order valence-corrected chi connectivity index (χ0v) is 13.3. The van der Waals surface area contributed by atoms with Crippen LogP contribution >= 0.6 is 11.8 Å². The van der Waals surface area contributed by atoms with Crippen LogP contribution in [0.3, 0.4) is 0 Å². The van der Waals surface area contributed by atoms with Crippen LogP contribution in [0.25, 0.3) is 0 Å². The summed E-state index contributed by atoms with van der Waals surface area (Å²) in [5.41, 5.74) is 1.32. The van der Waals surface area contributed by atoms with Crippen molar-refractivity contribution in [3.63, 3.8) is 0 Å². The number of hydrogen-bond donors (Lipinski definition) is 0. The minimum atomic E-state index is 0.619. The lowest BCUT2D eigenvalue weighted by Gasteiger charge is -2.40. The van der Waals surface area contributed by atoms with Gasteiger partial charge in [-0.15, -0.1) is 11.8 Å². The average Bonchev–Trinajstić information content (AvgIpc) is 2.55. The van der Waals surface area contributed by atoms with Gasteiger partial charge in [-0.05, 0) is 43.0 Å². The lowest BCUT2D eigenvalue weighted by Crippen LogP contribution is -2.44. The maximum atomic E-state index is 4.15. The van der Waals surface area contributed by atoms with E-state index in [0.29, 0.717) is 6.04 Å². The Labute approximate surface area is 131 Å². The van der Waals surface area contributed by atoms with Crippen molar-refractivity contribution in [2.75, 3.05) is 17.2 Å². The monoisotopic (exact) mass is 298 g/mol. The van der Waals surface area contributed by atoms with Gasteiger partial charge in [0.05, 0.1) is 0 Å². The quantitative estimate of drug-likeness (QED) is 0.774. The first-order valence-electron chi connectivity index (χ1n) is 7.67. The Morgan fingerprint density at radius 3 is 2.62 bits per heavy atom. The van der Waals surface area contributed by atoms with E-state index < -0.39 is 0 Å². The largest absolute Gasteiger partial charge is 0.367 e. The number of pyridine rings is 1. The second-order valence-electron chi connectivity index (χ2n) is 5.82. The standard InChI is InChI=1S/C18H22N2S/c1-15-7-8-17(14-21-18-5-3-2-4-6-18)20(13-15)16-9-11-19-12-10-16/h2-6,9-12,15,17H,7-8,13-14H2,1H3. The minimum absolute atomic E-state index is 0.619. The lowest BCUT2D eigenvalue weighted by molar-refractivity contribution is 0.393. The van der Waals surface area contributed by atoms with Gasteiger partial charge in [0.15, 0.2) is 0 Å². The molecule has 1 fully saturated rings. The van der Waals surface area contributed by atoms with Crippen molar-refractivity contribution in [3.05, 3.63) is 54.9 Å². The van der Waals surface area contributed by atoms with E-state index in [2.05, 4.69) is 59.3 Å². The molecule has 1 aliphatic rings. The second-order valence-corrected chi connectivity index (χ2v) is 6.91. The molecular weight excluding hydrogens is 276 g/mol. The number of benzene rings is 1. The summed E-state index contributed by atoms with van der Waals surface area (Å²) >= 11 is 1.97. The van der Waals surface area contributed by atoms with Crippen molar-refractivity contribution < 1.29 is 0 Å². The molecule has 0 spiro atoms. The van der Waals surface area contributed by atoms with Crippen LogP contribution in [0.4, 0.5) is 5.69 Å². The molecule has 3 rings (SSSR count). The molecule has 1 aromatic heterocycles. The molecule has 2 nitrogen and oxygen atoms in total. The fourth-order valence-electron chi connectivity index (χ4n) is 2.94. The van der Waals surface area contributed by atoms with Gasteiger partial charge in [0.25, 0.3) is 0 Å². The number of piperidine rings is 1. The van der Waals surface area contributed by atoms with Crippen molar-refractivity contribution >= 4 is 17.4 Å². The number of aromatic nitrogens is 1. The predicted molar refractivity (Wildman–Crippen MR) is 90.9 cm³/mol. The molecule has 2 atom stereocenters. The van der Waals surface area contributed by atoms with E-state index in [1.165, 1.54) is 23.4 Å². The number of anilines is 1. The van der Waals surface area contributed by atoms with Gasteiger partial charge >= 0.3 is 0 Å².